The second-order valence-electron chi connectivity index (χ2n) is 4.97. The van der Waals surface area contributed by atoms with Crippen LogP contribution in [0.25, 0.3) is 0 Å². The molecule has 4 N–H and O–H groups in total. The van der Waals surface area contributed by atoms with Crippen molar-refractivity contribution in [1.29, 1.82) is 0 Å². The largest absolute Gasteiger partial charge is 0.455 e. The monoisotopic (exact) mass is 373 g/mol. The van der Waals surface area contributed by atoms with Crippen molar-refractivity contribution in [2.45, 2.75) is 25.3 Å². The molecule has 0 aliphatic rings. The highest BCUT2D eigenvalue weighted by atomic mass is 35.5. The van der Waals surface area contributed by atoms with Gasteiger partial charge >= 0.3 is 0 Å². The normalized spacial score (nSPS) is 11.0. The van der Waals surface area contributed by atoms with Gasteiger partial charge in [0.15, 0.2) is 5.76 Å². The summed E-state index contributed by atoms with van der Waals surface area (Å²) in [4.78, 5) is 12.1. The molecule has 0 spiro atoms. The lowest BCUT2D eigenvalue weighted by atomic mass is 10.1. The Hall–Kier alpha value is -1.87. The molecule has 2 aromatic rings. The summed E-state index contributed by atoms with van der Waals surface area (Å²) in [5.74, 6) is -0.560. The fourth-order valence-corrected chi connectivity index (χ4v) is 2.81. The third kappa shape index (κ3) is 4.81. The molecule has 1 aromatic heterocycles. The van der Waals surface area contributed by atoms with Crippen molar-refractivity contribution in [3.8, 4) is 0 Å². The average molecular weight is 374 g/mol. The molecule has 1 aromatic carbocycles. The van der Waals surface area contributed by atoms with Crippen molar-refractivity contribution in [1.82, 2.24) is 5.32 Å². The van der Waals surface area contributed by atoms with Crippen molar-refractivity contribution in [2.24, 2.45) is 5.14 Å². The Morgan fingerprint density at radius 3 is 2.54 bits per heavy atom. The van der Waals surface area contributed by atoms with E-state index in [0.29, 0.717) is 12.2 Å². The van der Waals surface area contributed by atoms with E-state index >= 15 is 0 Å². The van der Waals surface area contributed by atoms with Crippen LogP contribution in [-0.4, -0.2) is 20.9 Å². The number of carbonyl (C=O) groups is 1. The van der Waals surface area contributed by atoms with Gasteiger partial charge in [-0.15, -0.1) is 12.4 Å². The van der Waals surface area contributed by atoms with Crippen LogP contribution in [0.4, 0.5) is 5.69 Å². The minimum Gasteiger partial charge on any atom is -0.455 e. The van der Waals surface area contributed by atoms with Gasteiger partial charge in [-0.25, -0.2) is 13.6 Å². The van der Waals surface area contributed by atoms with Crippen molar-refractivity contribution >= 4 is 34.0 Å². The molecule has 9 heteroatoms. The minimum absolute atomic E-state index is 0. The number of benzene rings is 1. The van der Waals surface area contributed by atoms with Crippen molar-refractivity contribution in [3.63, 3.8) is 0 Å². The summed E-state index contributed by atoms with van der Waals surface area (Å²) in [5, 5.41) is 11.0. The topological polar surface area (TPSA) is 114 Å². The molecule has 1 heterocycles. The highest BCUT2D eigenvalue weighted by molar-refractivity contribution is 7.89. The van der Waals surface area contributed by atoms with E-state index < -0.39 is 15.9 Å². The number of furan rings is 1. The van der Waals surface area contributed by atoms with Gasteiger partial charge in [0.2, 0.25) is 10.0 Å². The number of para-hydroxylation sites is 1. The van der Waals surface area contributed by atoms with E-state index in [-0.39, 0.29) is 28.8 Å². The van der Waals surface area contributed by atoms with Crippen LogP contribution in [0.1, 0.15) is 28.8 Å². The molecule has 1 amide bonds. The first-order valence-corrected chi connectivity index (χ1v) is 8.60. The first-order valence-electron chi connectivity index (χ1n) is 7.06. The maximum Gasteiger partial charge on any atom is 0.291 e. The van der Waals surface area contributed by atoms with E-state index in [4.69, 9.17) is 9.56 Å². The van der Waals surface area contributed by atoms with Crippen LogP contribution in [0.2, 0.25) is 0 Å². The molecule has 24 heavy (non-hydrogen) atoms. The molecule has 0 aliphatic heterocycles. The first kappa shape index (κ1) is 20.2. The van der Waals surface area contributed by atoms with Crippen LogP contribution >= 0.6 is 12.4 Å². The molecule has 0 saturated carbocycles. The zero-order valence-electron chi connectivity index (χ0n) is 13.3. The fourth-order valence-electron chi connectivity index (χ4n) is 2.10. The molecule has 0 aliphatic carbocycles. The molecule has 0 unspecified atom stereocenters. The Morgan fingerprint density at radius 1 is 1.29 bits per heavy atom. The van der Waals surface area contributed by atoms with Gasteiger partial charge in [0.25, 0.3) is 5.91 Å². The van der Waals surface area contributed by atoms with Crippen LogP contribution in [0.15, 0.2) is 39.6 Å². The number of nitrogens with two attached hydrogens (primary N) is 1. The molecular formula is C15H20ClN3O4S. The quantitative estimate of drug-likeness (QED) is 0.716. The van der Waals surface area contributed by atoms with Crippen molar-refractivity contribution in [3.05, 3.63) is 47.4 Å². The SMILES string of the molecule is CCNCc1ccccc1NC(=O)c1cc(S(N)(=O)=O)c(C)o1.Cl. The number of halogens is 1. The zero-order valence-corrected chi connectivity index (χ0v) is 15.0. The number of anilines is 1. The Labute approximate surface area is 147 Å². The highest BCUT2D eigenvalue weighted by Gasteiger charge is 2.21. The number of primary sulfonamides is 1. The van der Waals surface area contributed by atoms with Gasteiger partial charge in [0.05, 0.1) is 0 Å². The molecule has 0 saturated heterocycles. The van der Waals surface area contributed by atoms with Crippen molar-refractivity contribution in [2.75, 3.05) is 11.9 Å². The maximum absolute atomic E-state index is 12.3. The summed E-state index contributed by atoms with van der Waals surface area (Å²) in [5.41, 5.74) is 1.54. The lowest BCUT2D eigenvalue weighted by Gasteiger charge is -2.10. The number of sulfonamides is 1. The zero-order chi connectivity index (χ0) is 17.0. The molecule has 7 nitrogen and oxygen atoms in total. The lowest BCUT2D eigenvalue weighted by Crippen LogP contribution is -2.17. The standard InChI is InChI=1S/C15H19N3O4S.ClH/c1-3-17-9-11-6-4-5-7-12(11)18-15(19)13-8-14(10(2)22-13)23(16,20)21;/h4-8,17H,3,9H2,1-2H3,(H,18,19)(H2,16,20,21);1H. The number of hydrogen-bond donors (Lipinski definition) is 3. The molecule has 0 radical (unpaired) electrons. The first-order chi connectivity index (χ1) is 10.8. The predicted molar refractivity (Wildman–Crippen MR) is 93.8 cm³/mol. The summed E-state index contributed by atoms with van der Waals surface area (Å²) in [6.07, 6.45) is 0. The van der Waals surface area contributed by atoms with Crippen LogP contribution in [0, 0.1) is 6.92 Å². The Kier molecular flexibility index (Phi) is 6.97. The maximum atomic E-state index is 12.3. The summed E-state index contributed by atoms with van der Waals surface area (Å²) in [6, 6.07) is 8.46. The van der Waals surface area contributed by atoms with Gasteiger partial charge < -0.3 is 15.1 Å². The molecule has 0 fully saturated rings. The lowest BCUT2D eigenvalue weighted by molar-refractivity contribution is 0.0995. The summed E-state index contributed by atoms with van der Waals surface area (Å²) in [6.45, 7) is 4.83. The molecular weight excluding hydrogens is 354 g/mol. The summed E-state index contributed by atoms with van der Waals surface area (Å²) in [7, 11) is -3.92. The van der Waals surface area contributed by atoms with Gasteiger partial charge in [0, 0.05) is 18.3 Å². The average Bonchev–Trinajstić information content (AvgIpc) is 2.88. The van der Waals surface area contributed by atoms with E-state index in [2.05, 4.69) is 10.6 Å². The van der Waals surface area contributed by atoms with Crippen LogP contribution in [0.5, 0.6) is 0 Å². The number of hydrogen-bond acceptors (Lipinski definition) is 5. The van der Waals surface area contributed by atoms with Gasteiger partial charge in [-0.2, -0.15) is 0 Å². The second kappa shape index (κ2) is 8.29. The Morgan fingerprint density at radius 2 is 1.96 bits per heavy atom. The van der Waals surface area contributed by atoms with Crippen molar-refractivity contribution < 1.29 is 17.6 Å². The van der Waals surface area contributed by atoms with Crippen LogP contribution in [-0.2, 0) is 16.6 Å². The molecule has 132 valence electrons. The number of aryl methyl sites for hydroxylation is 1. The Bertz CT molecular complexity index is 818. The summed E-state index contributed by atoms with van der Waals surface area (Å²) < 4.78 is 28.0. The molecule has 0 atom stereocenters. The third-order valence-electron chi connectivity index (χ3n) is 3.23. The number of carbonyl (C=O) groups excluding carboxylic acids is 1. The third-order valence-corrected chi connectivity index (χ3v) is 4.25. The fraction of sp³-hybridized carbons (Fsp3) is 0.267. The van der Waals surface area contributed by atoms with E-state index in [9.17, 15) is 13.2 Å². The van der Waals surface area contributed by atoms with Gasteiger partial charge in [-0.3, -0.25) is 4.79 Å². The molecule has 2 rings (SSSR count). The minimum atomic E-state index is -3.92. The number of amides is 1. The van der Waals surface area contributed by atoms with Crippen LogP contribution < -0.4 is 15.8 Å². The molecule has 0 bridgehead atoms. The summed E-state index contributed by atoms with van der Waals surface area (Å²) >= 11 is 0. The highest BCUT2D eigenvalue weighted by Crippen LogP contribution is 2.21. The van der Waals surface area contributed by atoms with Gasteiger partial charge in [-0.1, -0.05) is 25.1 Å². The predicted octanol–water partition coefficient (Wildman–Crippen LogP) is 2.02. The van der Waals surface area contributed by atoms with Gasteiger partial charge in [0.1, 0.15) is 10.7 Å². The van der Waals surface area contributed by atoms with Gasteiger partial charge in [-0.05, 0) is 25.1 Å². The van der Waals surface area contributed by atoms with E-state index in [1.807, 2.05) is 19.1 Å². The smallest absolute Gasteiger partial charge is 0.291 e. The number of rotatable bonds is 6. The van der Waals surface area contributed by atoms with E-state index in [1.165, 1.54) is 6.92 Å². The van der Waals surface area contributed by atoms with E-state index in [1.54, 1.807) is 12.1 Å². The Balaban J connectivity index is 0.00000288. The van der Waals surface area contributed by atoms with E-state index in [0.717, 1.165) is 18.2 Å². The second-order valence-corrected chi connectivity index (χ2v) is 6.50. The van der Waals surface area contributed by atoms with Crippen LogP contribution in [0.3, 0.4) is 0 Å². The number of nitrogens with one attached hydrogen (secondary N) is 2.